The fourth-order valence-electron chi connectivity index (χ4n) is 1.91. The number of rotatable bonds is 5. The Balaban J connectivity index is 0.00000338. The van der Waals surface area contributed by atoms with Gasteiger partial charge < -0.3 is 10.6 Å². The summed E-state index contributed by atoms with van der Waals surface area (Å²) in [5.74, 6) is 0.513. The molecule has 0 radical (unpaired) electrons. The molecule has 1 aromatic carbocycles. The largest absolute Gasteiger partial charge is 0.434 e. The summed E-state index contributed by atoms with van der Waals surface area (Å²) < 4.78 is 37.5. The first-order chi connectivity index (χ1) is 11.8. The summed E-state index contributed by atoms with van der Waals surface area (Å²) in [4.78, 5) is 7.64. The Labute approximate surface area is 180 Å². The van der Waals surface area contributed by atoms with Gasteiger partial charge in [0.1, 0.15) is 0 Å². The molecule has 0 bridgehead atoms. The van der Waals surface area contributed by atoms with Gasteiger partial charge in [-0.1, -0.05) is 29.3 Å². The second kappa shape index (κ2) is 10.5. The molecule has 144 valence electrons. The Bertz CT molecular complexity index is 753. The Hall–Kier alpha value is -0.780. The molecule has 2 aromatic rings. The van der Waals surface area contributed by atoms with Gasteiger partial charge in [0, 0.05) is 42.0 Å². The van der Waals surface area contributed by atoms with Gasteiger partial charge in [0.25, 0.3) is 0 Å². The highest BCUT2D eigenvalue weighted by Gasteiger charge is 2.33. The number of aliphatic imine (C=N–C) groups is 1. The number of nitrogens with zero attached hydrogens (tertiary/aromatic N) is 2. The minimum Gasteiger partial charge on any atom is -0.356 e. The number of alkyl halides is 3. The Kier molecular flexibility index (Phi) is 9.42. The predicted molar refractivity (Wildman–Crippen MR) is 111 cm³/mol. The zero-order chi connectivity index (χ0) is 18.4. The lowest BCUT2D eigenvalue weighted by Gasteiger charge is -2.12. The molecule has 0 aliphatic rings. The zero-order valence-electron chi connectivity index (χ0n) is 13.5. The average Bonchev–Trinajstić information content (AvgIpc) is 3.01. The maximum absolute atomic E-state index is 12.5. The van der Waals surface area contributed by atoms with Crippen LogP contribution in [0.15, 0.2) is 28.6 Å². The highest BCUT2D eigenvalue weighted by Crippen LogP contribution is 2.30. The van der Waals surface area contributed by atoms with Crippen molar-refractivity contribution in [2.24, 2.45) is 4.99 Å². The average molecular weight is 539 g/mol. The predicted octanol–water partition coefficient (Wildman–Crippen LogP) is 4.99. The first-order valence-electron chi connectivity index (χ1n) is 7.19. The van der Waals surface area contributed by atoms with Gasteiger partial charge in [-0.2, -0.15) is 13.2 Å². The molecule has 1 heterocycles. The molecule has 0 fully saturated rings. The van der Waals surface area contributed by atoms with Crippen LogP contribution < -0.4 is 10.6 Å². The second-order valence-electron chi connectivity index (χ2n) is 4.96. The smallest absolute Gasteiger partial charge is 0.356 e. The van der Waals surface area contributed by atoms with Crippen LogP contribution in [0.25, 0.3) is 0 Å². The molecule has 2 rings (SSSR count). The lowest BCUT2D eigenvalue weighted by Crippen LogP contribution is -2.37. The van der Waals surface area contributed by atoms with Crippen molar-refractivity contribution in [2.45, 2.75) is 19.1 Å². The number of nitrogens with one attached hydrogen (secondary N) is 2. The lowest BCUT2D eigenvalue weighted by molar-refractivity contribution is -0.140. The third-order valence-corrected chi connectivity index (χ3v) is 4.65. The molecule has 0 saturated heterocycles. The van der Waals surface area contributed by atoms with E-state index in [9.17, 15) is 13.2 Å². The van der Waals surface area contributed by atoms with Crippen LogP contribution in [0, 0.1) is 0 Å². The number of aromatic nitrogens is 1. The van der Waals surface area contributed by atoms with Crippen LogP contribution in [-0.2, 0) is 19.1 Å². The van der Waals surface area contributed by atoms with E-state index in [0.717, 1.165) is 22.3 Å². The zero-order valence-corrected chi connectivity index (χ0v) is 18.2. The van der Waals surface area contributed by atoms with Crippen LogP contribution in [0.5, 0.6) is 0 Å². The second-order valence-corrected chi connectivity index (χ2v) is 6.75. The van der Waals surface area contributed by atoms with Gasteiger partial charge in [0.15, 0.2) is 11.7 Å². The summed E-state index contributed by atoms with van der Waals surface area (Å²) in [6, 6.07) is 5.19. The monoisotopic (exact) mass is 538 g/mol. The minimum absolute atomic E-state index is 0. The van der Waals surface area contributed by atoms with Crippen LogP contribution in [0.4, 0.5) is 13.2 Å². The normalized spacial score (nSPS) is 11.8. The van der Waals surface area contributed by atoms with Crippen molar-refractivity contribution in [3.63, 3.8) is 0 Å². The highest BCUT2D eigenvalue weighted by atomic mass is 127. The fourth-order valence-corrected chi connectivity index (χ4v) is 3.19. The molecule has 0 amide bonds. The summed E-state index contributed by atoms with van der Waals surface area (Å²) in [6.45, 7) is 0.837. The van der Waals surface area contributed by atoms with E-state index in [1.54, 1.807) is 25.2 Å². The van der Waals surface area contributed by atoms with E-state index in [4.69, 9.17) is 23.2 Å². The molecule has 0 unspecified atom stereocenters. The number of hydrogen-bond donors (Lipinski definition) is 2. The van der Waals surface area contributed by atoms with Crippen LogP contribution in [0.1, 0.15) is 16.3 Å². The van der Waals surface area contributed by atoms with Crippen molar-refractivity contribution in [2.75, 3.05) is 13.6 Å². The van der Waals surface area contributed by atoms with Crippen molar-refractivity contribution in [3.8, 4) is 0 Å². The van der Waals surface area contributed by atoms with Gasteiger partial charge in [-0.15, -0.1) is 35.3 Å². The summed E-state index contributed by atoms with van der Waals surface area (Å²) in [5.41, 5.74) is -0.00357. The van der Waals surface area contributed by atoms with Gasteiger partial charge in [0.2, 0.25) is 0 Å². The standard InChI is InChI=1S/C15H15Cl2F3N4S.HI/c1-21-14(23-7-9-2-3-10(16)6-11(9)17)22-5-4-13-24-12(8-25-13)15(18,19)20;/h2-3,6,8H,4-5,7H2,1H3,(H2,21,22,23);1H. The SMILES string of the molecule is CN=C(NCCc1nc(C(F)(F)F)cs1)NCc1ccc(Cl)cc1Cl.I. The molecule has 0 aliphatic heterocycles. The third-order valence-electron chi connectivity index (χ3n) is 3.16. The minimum atomic E-state index is -4.41. The molecule has 4 nitrogen and oxygen atoms in total. The summed E-state index contributed by atoms with van der Waals surface area (Å²) in [6.07, 6.45) is -4.04. The van der Waals surface area contributed by atoms with E-state index in [1.165, 1.54) is 0 Å². The first kappa shape index (κ1) is 23.3. The molecule has 11 heteroatoms. The fraction of sp³-hybridized carbons (Fsp3) is 0.333. The van der Waals surface area contributed by atoms with E-state index in [-0.39, 0.29) is 24.0 Å². The van der Waals surface area contributed by atoms with Gasteiger partial charge >= 0.3 is 6.18 Å². The molecule has 0 saturated carbocycles. The number of hydrogen-bond acceptors (Lipinski definition) is 3. The van der Waals surface area contributed by atoms with Gasteiger partial charge in [-0.05, 0) is 17.7 Å². The third kappa shape index (κ3) is 7.09. The van der Waals surface area contributed by atoms with Crippen LogP contribution >= 0.6 is 58.5 Å². The van der Waals surface area contributed by atoms with E-state index in [1.807, 2.05) is 0 Å². The van der Waals surface area contributed by atoms with Crippen LogP contribution in [-0.4, -0.2) is 24.5 Å². The lowest BCUT2D eigenvalue weighted by atomic mass is 10.2. The summed E-state index contributed by atoms with van der Waals surface area (Å²) in [5, 5.41) is 8.62. The van der Waals surface area contributed by atoms with Crippen LogP contribution in [0.2, 0.25) is 10.0 Å². The first-order valence-corrected chi connectivity index (χ1v) is 8.83. The van der Waals surface area contributed by atoms with Crippen molar-refractivity contribution in [3.05, 3.63) is 49.9 Å². The van der Waals surface area contributed by atoms with Crippen molar-refractivity contribution >= 4 is 64.5 Å². The van der Waals surface area contributed by atoms with Gasteiger partial charge in [0.05, 0.1) is 5.01 Å². The molecule has 0 aliphatic carbocycles. The number of thiazole rings is 1. The van der Waals surface area contributed by atoms with Crippen molar-refractivity contribution in [1.82, 2.24) is 15.6 Å². The Morgan fingerprint density at radius 2 is 2.00 bits per heavy atom. The molecule has 26 heavy (non-hydrogen) atoms. The topological polar surface area (TPSA) is 49.3 Å². The molecular formula is C15H16Cl2F3IN4S. The van der Waals surface area contributed by atoms with E-state index in [0.29, 0.717) is 40.5 Å². The van der Waals surface area contributed by atoms with E-state index >= 15 is 0 Å². The summed E-state index contributed by atoms with van der Waals surface area (Å²) >= 11 is 12.9. The van der Waals surface area contributed by atoms with Crippen LogP contribution in [0.3, 0.4) is 0 Å². The maximum Gasteiger partial charge on any atom is 0.434 e. The maximum atomic E-state index is 12.5. The van der Waals surface area contributed by atoms with Gasteiger partial charge in [-0.25, -0.2) is 4.98 Å². The van der Waals surface area contributed by atoms with E-state index in [2.05, 4.69) is 20.6 Å². The Morgan fingerprint density at radius 3 is 2.58 bits per heavy atom. The molecule has 2 N–H and O–H groups in total. The van der Waals surface area contributed by atoms with Crippen molar-refractivity contribution < 1.29 is 13.2 Å². The highest BCUT2D eigenvalue weighted by molar-refractivity contribution is 14.0. The van der Waals surface area contributed by atoms with Crippen molar-refractivity contribution in [1.29, 1.82) is 0 Å². The van der Waals surface area contributed by atoms with E-state index < -0.39 is 11.9 Å². The molecule has 1 aromatic heterocycles. The molecule has 0 spiro atoms. The van der Waals surface area contributed by atoms with Gasteiger partial charge in [-0.3, -0.25) is 4.99 Å². The number of guanidine groups is 1. The molecule has 0 atom stereocenters. The number of halogens is 6. The molecular weight excluding hydrogens is 523 g/mol. The summed E-state index contributed by atoms with van der Waals surface area (Å²) in [7, 11) is 1.60. The Morgan fingerprint density at radius 1 is 1.27 bits per heavy atom. The number of benzene rings is 1. The quantitative estimate of drug-likeness (QED) is 0.320.